The lowest BCUT2D eigenvalue weighted by atomic mass is 9.75. The summed E-state index contributed by atoms with van der Waals surface area (Å²) in [7, 11) is 2.28. The molecule has 0 radical (unpaired) electrons. The summed E-state index contributed by atoms with van der Waals surface area (Å²) in [6.07, 6.45) is 5.47. The Morgan fingerprint density at radius 3 is 2.70 bits per heavy atom. The highest BCUT2D eigenvalue weighted by Gasteiger charge is 2.28. The Hall–Kier alpha value is 0.1000. The first-order valence-electron chi connectivity index (χ1n) is 7.60. The van der Waals surface area contributed by atoms with Crippen molar-refractivity contribution >= 4 is 27.3 Å². The first kappa shape index (κ1) is 16.5. The van der Waals surface area contributed by atoms with E-state index in [-0.39, 0.29) is 0 Å². The van der Waals surface area contributed by atoms with Gasteiger partial charge in [-0.15, -0.1) is 11.3 Å². The van der Waals surface area contributed by atoms with E-state index in [0.717, 1.165) is 25.7 Å². The molecule has 0 spiro atoms. The van der Waals surface area contributed by atoms with E-state index in [4.69, 9.17) is 0 Å². The standard InChI is InChI=1S/C16H27BrN2S/c1-16(2)6-4-14(5-7-16)19(3)9-8-18-11-15-10-13(17)12-20-15/h10,12,14,18H,4-9,11H2,1-3H3. The molecule has 1 saturated carbocycles. The molecule has 0 amide bonds. The van der Waals surface area contributed by atoms with Gasteiger partial charge >= 0.3 is 0 Å². The van der Waals surface area contributed by atoms with E-state index in [1.807, 2.05) is 11.3 Å². The van der Waals surface area contributed by atoms with Crippen molar-refractivity contribution in [2.45, 2.75) is 52.1 Å². The lowest BCUT2D eigenvalue weighted by Gasteiger charge is -2.38. The minimum Gasteiger partial charge on any atom is -0.311 e. The van der Waals surface area contributed by atoms with Crippen LogP contribution in [0.25, 0.3) is 0 Å². The van der Waals surface area contributed by atoms with E-state index in [2.05, 4.69) is 58.5 Å². The van der Waals surface area contributed by atoms with Crippen molar-refractivity contribution in [2.24, 2.45) is 5.41 Å². The summed E-state index contributed by atoms with van der Waals surface area (Å²) in [6, 6.07) is 2.99. The van der Waals surface area contributed by atoms with Crippen LogP contribution in [0, 0.1) is 5.41 Å². The van der Waals surface area contributed by atoms with E-state index in [1.165, 1.54) is 35.0 Å². The number of nitrogens with one attached hydrogen (secondary N) is 1. The van der Waals surface area contributed by atoms with E-state index in [9.17, 15) is 0 Å². The highest BCUT2D eigenvalue weighted by atomic mass is 79.9. The monoisotopic (exact) mass is 358 g/mol. The number of likely N-dealkylation sites (N-methyl/N-ethyl adjacent to an activating group) is 1. The molecule has 20 heavy (non-hydrogen) atoms. The molecule has 1 aromatic rings. The predicted octanol–water partition coefficient (Wildman–Crippen LogP) is 4.50. The van der Waals surface area contributed by atoms with Crippen molar-refractivity contribution < 1.29 is 0 Å². The molecule has 0 aliphatic heterocycles. The summed E-state index contributed by atoms with van der Waals surface area (Å²) >= 11 is 5.31. The number of rotatable bonds is 6. The number of hydrogen-bond donors (Lipinski definition) is 1. The molecule has 1 N–H and O–H groups in total. The van der Waals surface area contributed by atoms with Gasteiger partial charge in [0.2, 0.25) is 0 Å². The van der Waals surface area contributed by atoms with Gasteiger partial charge in [-0.2, -0.15) is 0 Å². The minimum atomic E-state index is 0.572. The highest BCUT2D eigenvalue weighted by molar-refractivity contribution is 9.10. The van der Waals surface area contributed by atoms with Crippen LogP contribution in [0.4, 0.5) is 0 Å². The molecule has 1 aromatic heterocycles. The van der Waals surface area contributed by atoms with Crippen LogP contribution in [0.3, 0.4) is 0 Å². The van der Waals surface area contributed by atoms with Gasteiger partial charge in [0.05, 0.1) is 0 Å². The molecule has 4 heteroatoms. The van der Waals surface area contributed by atoms with Gasteiger partial charge in [0, 0.05) is 40.4 Å². The molecular formula is C16H27BrN2S. The molecular weight excluding hydrogens is 332 g/mol. The van der Waals surface area contributed by atoms with Crippen molar-refractivity contribution in [3.8, 4) is 0 Å². The Labute approximate surface area is 136 Å². The maximum Gasteiger partial charge on any atom is 0.0300 e. The van der Waals surface area contributed by atoms with Crippen molar-refractivity contribution in [1.82, 2.24) is 10.2 Å². The van der Waals surface area contributed by atoms with Crippen LogP contribution in [0.2, 0.25) is 0 Å². The van der Waals surface area contributed by atoms with Crippen molar-refractivity contribution in [2.75, 3.05) is 20.1 Å². The van der Waals surface area contributed by atoms with E-state index in [1.54, 1.807) is 0 Å². The number of nitrogens with zero attached hydrogens (tertiary/aromatic N) is 1. The lowest BCUT2D eigenvalue weighted by molar-refractivity contribution is 0.128. The van der Waals surface area contributed by atoms with Crippen LogP contribution in [0.1, 0.15) is 44.4 Å². The van der Waals surface area contributed by atoms with E-state index >= 15 is 0 Å². The van der Waals surface area contributed by atoms with Gasteiger partial charge in [0.25, 0.3) is 0 Å². The second-order valence-corrected chi connectivity index (χ2v) is 8.70. The largest absolute Gasteiger partial charge is 0.311 e. The first-order chi connectivity index (χ1) is 9.46. The molecule has 2 nitrogen and oxygen atoms in total. The summed E-state index contributed by atoms with van der Waals surface area (Å²) in [5, 5.41) is 5.69. The second kappa shape index (κ2) is 7.39. The van der Waals surface area contributed by atoms with Gasteiger partial charge in [-0.3, -0.25) is 0 Å². The normalized spacial score (nSPS) is 19.6. The Bertz CT molecular complexity index is 406. The summed E-state index contributed by atoms with van der Waals surface area (Å²) in [5.41, 5.74) is 0.572. The van der Waals surface area contributed by atoms with Crippen molar-refractivity contribution in [3.05, 3.63) is 20.8 Å². The van der Waals surface area contributed by atoms with Gasteiger partial charge < -0.3 is 10.2 Å². The van der Waals surface area contributed by atoms with Crippen LogP contribution < -0.4 is 5.32 Å². The predicted molar refractivity (Wildman–Crippen MR) is 92.4 cm³/mol. The van der Waals surface area contributed by atoms with Gasteiger partial charge in [-0.1, -0.05) is 13.8 Å². The zero-order valence-corrected chi connectivity index (χ0v) is 15.3. The SMILES string of the molecule is CN(CCNCc1cc(Br)cs1)C1CCC(C)(C)CC1. The maximum absolute atomic E-state index is 3.55. The highest BCUT2D eigenvalue weighted by Crippen LogP contribution is 2.36. The van der Waals surface area contributed by atoms with Crippen LogP contribution in [0.5, 0.6) is 0 Å². The third-order valence-corrected chi connectivity index (χ3v) is 6.19. The molecule has 0 unspecified atom stereocenters. The first-order valence-corrected chi connectivity index (χ1v) is 9.27. The van der Waals surface area contributed by atoms with E-state index < -0.39 is 0 Å². The molecule has 1 aliphatic carbocycles. The summed E-state index contributed by atoms with van der Waals surface area (Å²) in [4.78, 5) is 3.95. The number of thiophene rings is 1. The molecule has 2 rings (SSSR count). The fourth-order valence-corrected chi connectivity index (χ4v) is 4.34. The Kier molecular flexibility index (Phi) is 6.09. The van der Waals surface area contributed by atoms with Crippen LogP contribution in [-0.4, -0.2) is 31.1 Å². The topological polar surface area (TPSA) is 15.3 Å². The Morgan fingerprint density at radius 2 is 2.10 bits per heavy atom. The zero-order valence-electron chi connectivity index (χ0n) is 12.9. The van der Waals surface area contributed by atoms with Crippen molar-refractivity contribution in [1.29, 1.82) is 0 Å². The quantitative estimate of drug-likeness (QED) is 0.753. The Morgan fingerprint density at radius 1 is 1.40 bits per heavy atom. The lowest BCUT2D eigenvalue weighted by Crippen LogP contribution is -2.40. The molecule has 114 valence electrons. The fraction of sp³-hybridized carbons (Fsp3) is 0.750. The fourth-order valence-electron chi connectivity index (χ4n) is 2.92. The summed E-state index contributed by atoms with van der Waals surface area (Å²) in [6.45, 7) is 8.03. The molecule has 1 fully saturated rings. The van der Waals surface area contributed by atoms with Gasteiger partial charge in [-0.05, 0) is 60.1 Å². The average molecular weight is 359 g/mol. The van der Waals surface area contributed by atoms with Crippen molar-refractivity contribution in [3.63, 3.8) is 0 Å². The number of hydrogen-bond acceptors (Lipinski definition) is 3. The molecule has 1 heterocycles. The smallest absolute Gasteiger partial charge is 0.0300 e. The molecule has 0 aromatic carbocycles. The minimum absolute atomic E-state index is 0.572. The van der Waals surface area contributed by atoms with E-state index in [0.29, 0.717) is 5.41 Å². The summed E-state index contributed by atoms with van der Waals surface area (Å²) < 4.78 is 1.20. The third kappa shape index (κ3) is 5.14. The van der Waals surface area contributed by atoms with Crippen LogP contribution in [-0.2, 0) is 6.54 Å². The molecule has 0 saturated heterocycles. The second-order valence-electron chi connectivity index (χ2n) is 6.78. The van der Waals surface area contributed by atoms with Gasteiger partial charge in [0.1, 0.15) is 0 Å². The van der Waals surface area contributed by atoms with Crippen LogP contribution >= 0.6 is 27.3 Å². The van der Waals surface area contributed by atoms with Gasteiger partial charge in [-0.25, -0.2) is 0 Å². The zero-order chi connectivity index (χ0) is 14.6. The molecule has 0 bridgehead atoms. The van der Waals surface area contributed by atoms with Crippen LogP contribution in [0.15, 0.2) is 15.9 Å². The Balaban J connectivity index is 1.62. The molecule has 1 aliphatic rings. The maximum atomic E-state index is 3.55. The average Bonchev–Trinajstić information content (AvgIpc) is 2.80. The molecule has 0 atom stereocenters. The summed E-state index contributed by atoms with van der Waals surface area (Å²) in [5.74, 6) is 0. The third-order valence-electron chi connectivity index (χ3n) is 4.49. The number of halogens is 1. The van der Waals surface area contributed by atoms with Gasteiger partial charge in [0.15, 0.2) is 0 Å².